The second-order valence-electron chi connectivity index (χ2n) is 4.57. The molecule has 1 aromatic heterocycles. The SMILES string of the molecule is N#Cc1ncn(-c2ccc(CNC3CC3)cc2Br)n1. The quantitative estimate of drug-likeness (QED) is 0.938. The lowest BCUT2D eigenvalue weighted by Crippen LogP contribution is -2.15. The van der Waals surface area contributed by atoms with Gasteiger partial charge in [0, 0.05) is 17.1 Å². The monoisotopic (exact) mass is 317 g/mol. The van der Waals surface area contributed by atoms with Crippen molar-refractivity contribution in [3.63, 3.8) is 0 Å². The van der Waals surface area contributed by atoms with Crippen LogP contribution < -0.4 is 5.32 Å². The van der Waals surface area contributed by atoms with E-state index in [-0.39, 0.29) is 5.82 Å². The van der Waals surface area contributed by atoms with Crippen LogP contribution in [0.2, 0.25) is 0 Å². The van der Waals surface area contributed by atoms with Gasteiger partial charge >= 0.3 is 0 Å². The lowest BCUT2D eigenvalue weighted by Gasteiger charge is -2.07. The van der Waals surface area contributed by atoms with E-state index in [9.17, 15) is 0 Å². The molecule has 0 spiro atoms. The van der Waals surface area contributed by atoms with E-state index in [1.165, 1.54) is 18.4 Å². The number of hydrogen-bond acceptors (Lipinski definition) is 4. The Morgan fingerprint density at radius 2 is 2.32 bits per heavy atom. The van der Waals surface area contributed by atoms with Gasteiger partial charge in [0.1, 0.15) is 12.4 Å². The van der Waals surface area contributed by atoms with Crippen molar-refractivity contribution in [3.05, 3.63) is 40.4 Å². The van der Waals surface area contributed by atoms with Gasteiger partial charge in [-0.15, -0.1) is 5.10 Å². The summed E-state index contributed by atoms with van der Waals surface area (Å²) in [7, 11) is 0. The summed E-state index contributed by atoms with van der Waals surface area (Å²) in [5.41, 5.74) is 2.10. The summed E-state index contributed by atoms with van der Waals surface area (Å²) in [5, 5.41) is 16.3. The molecule has 0 radical (unpaired) electrons. The normalized spacial score (nSPS) is 14.3. The third kappa shape index (κ3) is 2.83. The molecule has 5 nitrogen and oxygen atoms in total. The molecule has 1 fully saturated rings. The molecule has 2 aromatic rings. The first-order valence-corrected chi connectivity index (χ1v) is 6.89. The molecule has 6 heteroatoms. The molecule has 1 N–H and O–H groups in total. The van der Waals surface area contributed by atoms with Crippen molar-refractivity contribution in [2.24, 2.45) is 0 Å². The summed E-state index contributed by atoms with van der Waals surface area (Å²) in [4.78, 5) is 3.90. The fourth-order valence-corrected chi connectivity index (χ4v) is 2.43. The van der Waals surface area contributed by atoms with Gasteiger partial charge in [0.15, 0.2) is 0 Å². The molecular weight excluding hydrogens is 306 g/mol. The Morgan fingerprint density at radius 3 is 2.95 bits per heavy atom. The molecule has 0 unspecified atom stereocenters. The largest absolute Gasteiger partial charge is 0.310 e. The third-order valence-corrected chi connectivity index (χ3v) is 3.66. The highest BCUT2D eigenvalue weighted by atomic mass is 79.9. The van der Waals surface area contributed by atoms with Crippen LogP contribution in [0, 0.1) is 11.3 Å². The number of rotatable bonds is 4. The molecule has 0 aliphatic heterocycles. The Bertz CT molecular complexity index is 639. The van der Waals surface area contributed by atoms with E-state index in [1.807, 2.05) is 12.1 Å². The molecule has 1 heterocycles. The number of nitriles is 1. The smallest absolute Gasteiger partial charge is 0.252 e. The number of nitrogens with zero attached hydrogens (tertiary/aromatic N) is 4. The Labute approximate surface area is 119 Å². The van der Waals surface area contributed by atoms with Crippen molar-refractivity contribution < 1.29 is 0 Å². The average Bonchev–Trinajstić information content (AvgIpc) is 3.13. The van der Waals surface area contributed by atoms with E-state index in [2.05, 4.69) is 43.5 Å². The molecule has 0 amide bonds. The molecule has 0 bridgehead atoms. The molecule has 1 saturated carbocycles. The van der Waals surface area contributed by atoms with Gasteiger partial charge < -0.3 is 5.32 Å². The van der Waals surface area contributed by atoms with E-state index >= 15 is 0 Å². The predicted molar refractivity (Wildman–Crippen MR) is 73.6 cm³/mol. The molecule has 1 aromatic carbocycles. The van der Waals surface area contributed by atoms with E-state index < -0.39 is 0 Å². The van der Waals surface area contributed by atoms with Crippen molar-refractivity contribution in [2.45, 2.75) is 25.4 Å². The van der Waals surface area contributed by atoms with Gasteiger partial charge in [0.2, 0.25) is 0 Å². The summed E-state index contributed by atoms with van der Waals surface area (Å²) in [6.45, 7) is 0.879. The Morgan fingerprint density at radius 1 is 1.47 bits per heavy atom. The Balaban J connectivity index is 1.80. The van der Waals surface area contributed by atoms with Gasteiger partial charge in [-0.25, -0.2) is 9.67 Å². The average molecular weight is 318 g/mol. The fourth-order valence-electron chi connectivity index (χ4n) is 1.83. The molecule has 96 valence electrons. The van der Waals surface area contributed by atoms with Gasteiger partial charge in [-0.1, -0.05) is 6.07 Å². The summed E-state index contributed by atoms with van der Waals surface area (Å²) >= 11 is 3.54. The zero-order valence-electron chi connectivity index (χ0n) is 10.2. The van der Waals surface area contributed by atoms with Crippen molar-refractivity contribution >= 4 is 15.9 Å². The molecule has 19 heavy (non-hydrogen) atoms. The number of halogens is 1. The van der Waals surface area contributed by atoms with E-state index in [4.69, 9.17) is 5.26 Å². The van der Waals surface area contributed by atoms with Gasteiger partial charge in [0.05, 0.1) is 5.69 Å². The van der Waals surface area contributed by atoms with Crippen LogP contribution in [-0.2, 0) is 6.54 Å². The Kier molecular flexibility index (Phi) is 3.32. The number of hydrogen-bond donors (Lipinski definition) is 1. The first kappa shape index (κ1) is 12.3. The maximum absolute atomic E-state index is 8.73. The second kappa shape index (κ2) is 5.11. The molecule has 0 atom stereocenters. The number of aromatic nitrogens is 3. The highest BCUT2D eigenvalue weighted by Gasteiger charge is 2.20. The molecular formula is C13H12BrN5. The molecule has 3 rings (SSSR count). The standard InChI is InChI=1S/C13H12BrN5/c14-11-5-9(7-16-10-2-3-10)1-4-12(11)19-8-17-13(6-15)18-19/h1,4-5,8,10,16H,2-3,7H2. The zero-order chi connectivity index (χ0) is 13.2. The van der Waals surface area contributed by atoms with Gasteiger partial charge in [0.25, 0.3) is 5.82 Å². The second-order valence-corrected chi connectivity index (χ2v) is 5.42. The summed E-state index contributed by atoms with van der Waals surface area (Å²) in [5.74, 6) is 0.173. The number of nitrogens with one attached hydrogen (secondary N) is 1. The van der Waals surface area contributed by atoms with Crippen molar-refractivity contribution in [2.75, 3.05) is 0 Å². The zero-order valence-corrected chi connectivity index (χ0v) is 11.8. The summed E-state index contributed by atoms with van der Waals surface area (Å²) in [6.07, 6.45) is 4.12. The third-order valence-electron chi connectivity index (χ3n) is 3.02. The van der Waals surface area contributed by atoms with Gasteiger partial charge in [-0.3, -0.25) is 0 Å². The molecule has 0 saturated heterocycles. The highest BCUT2D eigenvalue weighted by Crippen LogP contribution is 2.23. The number of benzene rings is 1. The van der Waals surface area contributed by atoms with Crippen LogP contribution in [0.25, 0.3) is 5.69 Å². The minimum absolute atomic E-state index is 0.173. The lowest BCUT2D eigenvalue weighted by atomic mass is 10.2. The van der Waals surface area contributed by atoms with E-state index in [1.54, 1.807) is 11.0 Å². The van der Waals surface area contributed by atoms with Crippen molar-refractivity contribution in [1.82, 2.24) is 20.1 Å². The maximum atomic E-state index is 8.73. The van der Waals surface area contributed by atoms with Crippen LogP contribution in [0.1, 0.15) is 24.2 Å². The lowest BCUT2D eigenvalue weighted by molar-refractivity contribution is 0.687. The van der Waals surface area contributed by atoms with Crippen LogP contribution in [0.15, 0.2) is 29.0 Å². The first-order valence-electron chi connectivity index (χ1n) is 6.10. The predicted octanol–water partition coefficient (Wildman–Crippen LogP) is 2.15. The van der Waals surface area contributed by atoms with Gasteiger partial charge in [-0.05, 0) is 46.5 Å². The van der Waals surface area contributed by atoms with E-state index in [0.29, 0.717) is 6.04 Å². The topological polar surface area (TPSA) is 66.5 Å². The summed E-state index contributed by atoms with van der Waals surface area (Å²) < 4.78 is 2.54. The first-order chi connectivity index (χ1) is 9.26. The summed E-state index contributed by atoms with van der Waals surface area (Å²) in [6, 6.07) is 8.72. The minimum atomic E-state index is 0.173. The molecule has 1 aliphatic carbocycles. The molecule has 1 aliphatic rings. The van der Waals surface area contributed by atoms with Crippen LogP contribution in [0.4, 0.5) is 0 Å². The van der Waals surface area contributed by atoms with Crippen LogP contribution in [0.5, 0.6) is 0 Å². The maximum Gasteiger partial charge on any atom is 0.252 e. The van der Waals surface area contributed by atoms with Crippen LogP contribution >= 0.6 is 15.9 Å². The van der Waals surface area contributed by atoms with Crippen molar-refractivity contribution in [3.8, 4) is 11.8 Å². The van der Waals surface area contributed by atoms with Crippen molar-refractivity contribution in [1.29, 1.82) is 5.26 Å². The van der Waals surface area contributed by atoms with Crippen LogP contribution in [-0.4, -0.2) is 20.8 Å². The van der Waals surface area contributed by atoms with E-state index in [0.717, 1.165) is 16.7 Å². The highest BCUT2D eigenvalue weighted by molar-refractivity contribution is 9.10. The van der Waals surface area contributed by atoms with Crippen LogP contribution in [0.3, 0.4) is 0 Å². The van der Waals surface area contributed by atoms with Gasteiger partial charge in [-0.2, -0.15) is 5.26 Å². The minimum Gasteiger partial charge on any atom is -0.310 e. The fraction of sp³-hybridized carbons (Fsp3) is 0.308. The Hall–Kier alpha value is -1.71.